The first-order valence-electron chi connectivity index (χ1n) is 12.0. The third-order valence-corrected chi connectivity index (χ3v) is 12.8. The van der Waals surface area contributed by atoms with Gasteiger partial charge in [-0.25, -0.2) is 0 Å². The second-order valence-corrected chi connectivity index (χ2v) is 16.9. The number of carbonyl (C=O) groups excluding carboxylic acids is 2. The van der Waals surface area contributed by atoms with Crippen molar-refractivity contribution in [3.8, 4) is 5.75 Å². The van der Waals surface area contributed by atoms with Gasteiger partial charge in [-0.3, -0.25) is 9.59 Å². The average molecular weight is 546 g/mol. The van der Waals surface area contributed by atoms with Crippen LogP contribution in [0.5, 0.6) is 5.75 Å². The Morgan fingerprint density at radius 3 is 2.56 bits per heavy atom. The number of rotatable bonds is 9. The van der Waals surface area contributed by atoms with E-state index in [0.29, 0.717) is 5.75 Å². The van der Waals surface area contributed by atoms with Crippen molar-refractivity contribution < 1.29 is 23.5 Å². The zero-order valence-corrected chi connectivity index (χ0v) is 24.4. The maximum atomic E-state index is 13.2. The number of thioether (sulfide) groups is 1. The van der Waals surface area contributed by atoms with Gasteiger partial charge in [-0.15, -0.1) is 0 Å². The summed E-state index contributed by atoms with van der Waals surface area (Å²) in [5.41, 5.74) is 0. The number of hydrogen-bond donors (Lipinski definition) is 0. The molecule has 0 aliphatic carbocycles. The fourth-order valence-electron chi connectivity index (χ4n) is 3.84. The zero-order chi connectivity index (χ0) is 26.7. The molecule has 0 saturated carbocycles. The van der Waals surface area contributed by atoms with Gasteiger partial charge in [0.25, 0.3) is 0 Å². The van der Waals surface area contributed by atoms with Crippen LogP contribution in [0.25, 0.3) is 10.8 Å². The number of ether oxygens (including phenoxy) is 2. The molecule has 0 radical (unpaired) electrons. The van der Waals surface area contributed by atoms with Crippen LogP contribution in [-0.4, -0.2) is 54.1 Å². The van der Waals surface area contributed by atoms with Gasteiger partial charge < -0.3 is 18.8 Å². The molecule has 3 atom stereocenters. The maximum absolute atomic E-state index is 13.2. The van der Waals surface area contributed by atoms with Gasteiger partial charge in [-0.2, -0.15) is 0 Å². The standard InChI is InChI=1S/C27H35NO5S2Si/c1-8-16-31-22(29)17-28-24(30)23(18(2)33-36(6,7)27(3,4)5)25(28)35-26(34)32-21-15-11-13-19-12-9-10-14-20(19)21/h8-15,18,23,25H,1,16-17H2,2-7H3/t18?,23-,25-/m1/s1. The van der Waals surface area contributed by atoms with Crippen molar-refractivity contribution in [2.75, 3.05) is 13.2 Å². The van der Waals surface area contributed by atoms with Gasteiger partial charge in [0.05, 0.1) is 12.0 Å². The first kappa shape index (κ1) is 28.4. The van der Waals surface area contributed by atoms with Crippen LogP contribution in [-0.2, 0) is 18.8 Å². The normalized spacial score (nSPS) is 18.9. The summed E-state index contributed by atoms with van der Waals surface area (Å²) in [4.78, 5) is 27.0. The molecule has 2 aromatic carbocycles. The molecule has 194 valence electrons. The summed E-state index contributed by atoms with van der Waals surface area (Å²) in [5, 5.41) is 1.58. The highest BCUT2D eigenvalue weighted by molar-refractivity contribution is 8.23. The van der Waals surface area contributed by atoms with Gasteiger partial charge in [0.1, 0.15) is 24.3 Å². The highest BCUT2D eigenvalue weighted by atomic mass is 32.2. The lowest BCUT2D eigenvalue weighted by molar-refractivity contribution is -0.163. The van der Waals surface area contributed by atoms with Crippen LogP contribution in [0.4, 0.5) is 0 Å². The minimum absolute atomic E-state index is 0.00233. The topological polar surface area (TPSA) is 65.1 Å². The SMILES string of the molecule is C=CCOC(=O)CN1C(=O)[C@@H](C(C)O[Si](C)(C)C(C)(C)C)[C@H]1SC(=S)Oc1cccc2ccccc12. The lowest BCUT2D eigenvalue weighted by Crippen LogP contribution is -2.65. The molecule has 1 heterocycles. The molecule has 3 rings (SSSR count). The van der Waals surface area contributed by atoms with Crippen molar-refractivity contribution >= 4 is 59.3 Å². The number of β-lactam (4-membered cyclic amide) rings is 1. The predicted octanol–water partition coefficient (Wildman–Crippen LogP) is 6.16. The Bertz CT molecular complexity index is 1140. The maximum Gasteiger partial charge on any atom is 0.325 e. The largest absolute Gasteiger partial charge is 0.460 e. The van der Waals surface area contributed by atoms with Crippen molar-refractivity contribution in [2.24, 2.45) is 5.92 Å². The Labute approximate surface area is 224 Å². The third kappa shape index (κ3) is 6.37. The highest BCUT2D eigenvalue weighted by Gasteiger charge is 2.54. The summed E-state index contributed by atoms with van der Waals surface area (Å²) < 4.78 is 18.0. The molecular formula is C27H35NO5S2Si. The molecule has 1 unspecified atom stereocenters. The van der Waals surface area contributed by atoms with E-state index < -0.39 is 25.6 Å². The number of fused-ring (bicyclic) bond motifs is 1. The molecular weight excluding hydrogens is 511 g/mol. The van der Waals surface area contributed by atoms with Crippen molar-refractivity contribution in [1.29, 1.82) is 0 Å². The first-order chi connectivity index (χ1) is 16.9. The van der Waals surface area contributed by atoms with Crippen LogP contribution in [0.15, 0.2) is 55.1 Å². The van der Waals surface area contributed by atoms with E-state index in [2.05, 4.69) is 40.4 Å². The lowest BCUT2D eigenvalue weighted by atomic mass is 9.93. The number of nitrogens with zero attached hydrogens (tertiary/aromatic N) is 1. The summed E-state index contributed by atoms with van der Waals surface area (Å²) in [7, 11) is -2.12. The van der Waals surface area contributed by atoms with Crippen molar-refractivity contribution in [3.05, 3.63) is 55.1 Å². The molecule has 6 nitrogen and oxygen atoms in total. The molecule has 0 N–H and O–H groups in total. The average Bonchev–Trinajstić information content (AvgIpc) is 2.80. The summed E-state index contributed by atoms with van der Waals surface area (Å²) in [6, 6.07) is 13.7. The minimum Gasteiger partial charge on any atom is -0.460 e. The van der Waals surface area contributed by atoms with Crippen LogP contribution in [0, 0.1) is 5.92 Å². The quantitative estimate of drug-likeness (QED) is 0.123. The Hall–Kier alpha value is -2.20. The summed E-state index contributed by atoms with van der Waals surface area (Å²) in [6.07, 6.45) is 1.16. The van der Waals surface area contributed by atoms with Crippen LogP contribution in [0.3, 0.4) is 0 Å². The summed E-state index contributed by atoms with van der Waals surface area (Å²) in [6.45, 7) is 16.2. The van der Waals surface area contributed by atoms with Crippen LogP contribution in [0.2, 0.25) is 18.1 Å². The van der Waals surface area contributed by atoms with Gasteiger partial charge in [-0.1, -0.05) is 81.6 Å². The fourth-order valence-corrected chi connectivity index (χ4v) is 6.78. The Balaban J connectivity index is 1.79. The Morgan fingerprint density at radius 2 is 1.89 bits per heavy atom. The van der Waals surface area contributed by atoms with E-state index in [-0.39, 0.29) is 34.6 Å². The van der Waals surface area contributed by atoms with E-state index in [9.17, 15) is 9.59 Å². The number of thiocarbonyl (C=S) groups is 1. The fraction of sp³-hybridized carbons (Fsp3) is 0.444. The zero-order valence-electron chi connectivity index (χ0n) is 21.8. The molecule has 1 saturated heterocycles. The van der Waals surface area contributed by atoms with E-state index in [0.717, 1.165) is 10.8 Å². The van der Waals surface area contributed by atoms with Gasteiger partial charge in [0.15, 0.2) is 8.32 Å². The molecule has 1 aliphatic heterocycles. The number of benzene rings is 2. The van der Waals surface area contributed by atoms with Crippen LogP contribution in [0.1, 0.15) is 27.7 Å². The van der Waals surface area contributed by atoms with E-state index in [1.165, 1.54) is 22.7 Å². The summed E-state index contributed by atoms with van der Waals surface area (Å²) in [5.74, 6) is -0.450. The number of esters is 1. The number of likely N-dealkylation sites (tertiary alicyclic amines) is 1. The monoisotopic (exact) mass is 545 g/mol. The molecule has 0 spiro atoms. The van der Waals surface area contributed by atoms with Gasteiger partial charge >= 0.3 is 5.97 Å². The molecule has 9 heteroatoms. The molecule has 36 heavy (non-hydrogen) atoms. The van der Waals surface area contributed by atoms with Crippen LogP contribution < -0.4 is 4.74 Å². The first-order valence-corrected chi connectivity index (χ1v) is 16.2. The number of amides is 1. The van der Waals surface area contributed by atoms with Gasteiger partial charge in [0.2, 0.25) is 10.3 Å². The van der Waals surface area contributed by atoms with Crippen molar-refractivity contribution in [3.63, 3.8) is 0 Å². The second kappa shape index (κ2) is 11.5. The van der Waals surface area contributed by atoms with Crippen LogP contribution >= 0.6 is 24.0 Å². The van der Waals surface area contributed by atoms with E-state index in [1.54, 1.807) is 0 Å². The van der Waals surface area contributed by atoms with Gasteiger partial charge in [-0.05, 0) is 48.7 Å². The van der Waals surface area contributed by atoms with E-state index in [1.807, 2.05) is 49.4 Å². The smallest absolute Gasteiger partial charge is 0.325 e. The molecule has 2 aromatic rings. The summed E-state index contributed by atoms with van der Waals surface area (Å²) >= 11 is 6.86. The lowest BCUT2D eigenvalue weighted by Gasteiger charge is -2.50. The van der Waals surface area contributed by atoms with Gasteiger partial charge in [0, 0.05) is 5.39 Å². The molecule has 1 fully saturated rings. The predicted molar refractivity (Wildman–Crippen MR) is 153 cm³/mol. The molecule has 1 aliphatic rings. The second-order valence-electron chi connectivity index (χ2n) is 10.4. The van der Waals surface area contributed by atoms with E-state index in [4.69, 9.17) is 26.1 Å². The molecule has 0 aromatic heterocycles. The number of hydrogen-bond acceptors (Lipinski definition) is 7. The number of carbonyl (C=O) groups is 2. The molecule has 1 amide bonds. The Kier molecular flexibility index (Phi) is 9.03. The van der Waals surface area contributed by atoms with Crippen molar-refractivity contribution in [2.45, 2.75) is 57.3 Å². The third-order valence-electron chi connectivity index (χ3n) is 6.80. The molecule has 0 bridgehead atoms. The highest BCUT2D eigenvalue weighted by Crippen LogP contribution is 2.43. The minimum atomic E-state index is -2.12. The Morgan fingerprint density at radius 1 is 1.22 bits per heavy atom. The van der Waals surface area contributed by atoms with E-state index >= 15 is 0 Å². The van der Waals surface area contributed by atoms with Crippen molar-refractivity contribution in [1.82, 2.24) is 4.90 Å².